The number of hydrogen-bond donors (Lipinski definition) is 1. The molecule has 1 aromatic rings. The summed E-state index contributed by atoms with van der Waals surface area (Å²) in [7, 11) is 0. The molecule has 1 saturated heterocycles. The fourth-order valence-electron chi connectivity index (χ4n) is 3.17. The molecule has 2 fully saturated rings. The summed E-state index contributed by atoms with van der Waals surface area (Å²) < 4.78 is 5.74. The van der Waals surface area contributed by atoms with E-state index in [1.807, 2.05) is 0 Å². The highest BCUT2D eigenvalue weighted by Gasteiger charge is 2.56. The number of aliphatic carboxylic acids is 1. The molecule has 1 heterocycles. The van der Waals surface area contributed by atoms with E-state index in [1.165, 1.54) is 0 Å². The number of hydrogen-bond acceptors (Lipinski definition) is 2. The van der Waals surface area contributed by atoms with Crippen LogP contribution in [0.3, 0.4) is 0 Å². The van der Waals surface area contributed by atoms with E-state index in [9.17, 15) is 9.90 Å². The second-order valence-corrected chi connectivity index (χ2v) is 6.53. The Hall–Kier alpha value is -0.770. The van der Waals surface area contributed by atoms with Crippen molar-refractivity contribution in [2.24, 2.45) is 11.3 Å². The van der Waals surface area contributed by atoms with Crippen molar-refractivity contribution in [2.75, 3.05) is 6.61 Å². The van der Waals surface area contributed by atoms with Crippen molar-refractivity contribution < 1.29 is 14.6 Å². The maximum Gasteiger partial charge on any atom is 0.312 e. The number of rotatable bonds is 4. The van der Waals surface area contributed by atoms with E-state index in [4.69, 9.17) is 27.9 Å². The van der Waals surface area contributed by atoms with E-state index in [2.05, 4.69) is 0 Å². The summed E-state index contributed by atoms with van der Waals surface area (Å²) in [6.45, 7) is 0.496. The molecule has 2 atom stereocenters. The average Bonchev–Trinajstić information content (AvgIpc) is 3.15. The van der Waals surface area contributed by atoms with Crippen LogP contribution in [0.2, 0.25) is 10.0 Å². The molecule has 1 aliphatic carbocycles. The first-order valence-corrected chi connectivity index (χ1v) is 7.58. The molecule has 20 heavy (non-hydrogen) atoms. The highest BCUT2D eigenvalue weighted by atomic mass is 35.5. The van der Waals surface area contributed by atoms with Crippen LogP contribution >= 0.6 is 23.2 Å². The Balaban J connectivity index is 1.97. The Morgan fingerprint density at radius 1 is 1.35 bits per heavy atom. The maximum atomic E-state index is 11.9. The minimum Gasteiger partial charge on any atom is -0.481 e. The zero-order valence-corrected chi connectivity index (χ0v) is 12.5. The van der Waals surface area contributed by atoms with Gasteiger partial charge in [0.25, 0.3) is 0 Å². The first-order valence-electron chi connectivity index (χ1n) is 6.82. The SMILES string of the molecule is O=C(O)C1(Cc2c(Cl)cccc2Cl)CCOC1C1CC1. The molecule has 1 saturated carbocycles. The third-order valence-corrected chi connectivity index (χ3v) is 5.13. The van der Waals surface area contributed by atoms with Gasteiger partial charge in [-0.15, -0.1) is 0 Å². The molecule has 3 nitrogen and oxygen atoms in total. The van der Waals surface area contributed by atoms with Gasteiger partial charge in [-0.05, 0) is 49.3 Å². The second kappa shape index (κ2) is 5.21. The molecule has 3 rings (SSSR count). The van der Waals surface area contributed by atoms with Crippen LogP contribution in [0.5, 0.6) is 0 Å². The topological polar surface area (TPSA) is 46.5 Å². The van der Waals surface area contributed by atoms with E-state index in [-0.39, 0.29) is 6.10 Å². The molecule has 0 bridgehead atoms. The molecular formula is C15H16Cl2O3. The Labute approximate surface area is 127 Å². The monoisotopic (exact) mass is 314 g/mol. The van der Waals surface area contributed by atoms with Gasteiger partial charge >= 0.3 is 5.97 Å². The maximum absolute atomic E-state index is 11.9. The van der Waals surface area contributed by atoms with Crippen molar-refractivity contribution in [3.8, 4) is 0 Å². The molecule has 1 aliphatic heterocycles. The Bertz CT molecular complexity index is 522. The lowest BCUT2D eigenvalue weighted by atomic mass is 9.74. The van der Waals surface area contributed by atoms with E-state index in [0.29, 0.717) is 35.4 Å². The summed E-state index contributed by atoms with van der Waals surface area (Å²) in [5.41, 5.74) is -0.176. The fourth-order valence-corrected chi connectivity index (χ4v) is 3.70. The number of ether oxygens (including phenoxy) is 1. The third-order valence-electron chi connectivity index (χ3n) is 4.42. The van der Waals surface area contributed by atoms with Gasteiger partial charge in [0.05, 0.1) is 6.10 Å². The fraction of sp³-hybridized carbons (Fsp3) is 0.533. The molecule has 5 heteroatoms. The van der Waals surface area contributed by atoms with Gasteiger partial charge < -0.3 is 9.84 Å². The molecule has 0 amide bonds. The van der Waals surface area contributed by atoms with Gasteiger partial charge in [-0.3, -0.25) is 4.79 Å². The van der Waals surface area contributed by atoms with E-state index < -0.39 is 11.4 Å². The first-order chi connectivity index (χ1) is 9.54. The van der Waals surface area contributed by atoms with Crippen LogP contribution in [0.25, 0.3) is 0 Å². The zero-order valence-electron chi connectivity index (χ0n) is 10.9. The Morgan fingerprint density at radius 3 is 2.55 bits per heavy atom. The minimum atomic E-state index is -0.893. The molecule has 2 aliphatic rings. The van der Waals surface area contributed by atoms with Crippen molar-refractivity contribution in [1.82, 2.24) is 0 Å². The highest BCUT2D eigenvalue weighted by Crippen LogP contribution is 2.50. The lowest BCUT2D eigenvalue weighted by Gasteiger charge is -2.30. The second-order valence-electron chi connectivity index (χ2n) is 5.72. The number of halogens is 2. The van der Waals surface area contributed by atoms with Crippen LogP contribution in [-0.2, 0) is 16.0 Å². The largest absolute Gasteiger partial charge is 0.481 e. The first kappa shape index (κ1) is 14.2. The number of carbonyl (C=O) groups is 1. The summed E-state index contributed by atoms with van der Waals surface area (Å²) in [4.78, 5) is 11.9. The molecular weight excluding hydrogens is 299 g/mol. The van der Waals surface area contributed by atoms with Crippen LogP contribution < -0.4 is 0 Å². The molecule has 0 spiro atoms. The molecule has 2 unspecified atom stereocenters. The van der Waals surface area contributed by atoms with Crippen molar-refractivity contribution >= 4 is 29.2 Å². The lowest BCUT2D eigenvalue weighted by Crippen LogP contribution is -2.42. The molecule has 0 aromatic heterocycles. The Morgan fingerprint density at radius 2 is 2.00 bits per heavy atom. The average molecular weight is 315 g/mol. The zero-order chi connectivity index (χ0) is 14.3. The number of carboxylic acids is 1. The molecule has 1 aromatic carbocycles. The van der Waals surface area contributed by atoms with Crippen LogP contribution in [0, 0.1) is 11.3 Å². The van der Waals surface area contributed by atoms with Crippen LogP contribution in [-0.4, -0.2) is 23.8 Å². The molecule has 0 radical (unpaired) electrons. The smallest absolute Gasteiger partial charge is 0.312 e. The molecule has 108 valence electrons. The Kier molecular flexibility index (Phi) is 3.69. The van der Waals surface area contributed by atoms with Crippen molar-refractivity contribution in [3.63, 3.8) is 0 Å². The number of carboxylic acid groups (broad SMARTS) is 1. The van der Waals surface area contributed by atoms with Gasteiger partial charge in [-0.2, -0.15) is 0 Å². The minimum absolute atomic E-state index is 0.215. The predicted octanol–water partition coefficient (Wildman–Crippen LogP) is 3.81. The summed E-state index contributed by atoms with van der Waals surface area (Å²) in [5, 5.41) is 10.8. The predicted molar refractivity (Wildman–Crippen MR) is 77.3 cm³/mol. The third kappa shape index (κ3) is 2.32. The van der Waals surface area contributed by atoms with Gasteiger partial charge in [0.2, 0.25) is 0 Å². The lowest BCUT2D eigenvalue weighted by molar-refractivity contribution is -0.153. The van der Waals surface area contributed by atoms with Gasteiger partial charge in [0.15, 0.2) is 0 Å². The summed E-state index contributed by atoms with van der Waals surface area (Å²) >= 11 is 12.4. The van der Waals surface area contributed by atoms with Crippen molar-refractivity contribution in [3.05, 3.63) is 33.8 Å². The molecule has 1 N–H and O–H groups in total. The quantitative estimate of drug-likeness (QED) is 0.919. The normalized spacial score (nSPS) is 29.6. The highest BCUT2D eigenvalue weighted by molar-refractivity contribution is 6.36. The summed E-state index contributed by atoms with van der Waals surface area (Å²) in [6, 6.07) is 5.27. The van der Waals surface area contributed by atoms with Gasteiger partial charge in [0, 0.05) is 16.7 Å². The van der Waals surface area contributed by atoms with Gasteiger partial charge in [0.1, 0.15) is 5.41 Å². The van der Waals surface area contributed by atoms with Crippen molar-refractivity contribution in [1.29, 1.82) is 0 Å². The van der Waals surface area contributed by atoms with Crippen LogP contribution in [0.15, 0.2) is 18.2 Å². The van der Waals surface area contributed by atoms with Crippen LogP contribution in [0.1, 0.15) is 24.8 Å². The van der Waals surface area contributed by atoms with E-state index in [0.717, 1.165) is 18.4 Å². The van der Waals surface area contributed by atoms with E-state index in [1.54, 1.807) is 18.2 Å². The number of benzene rings is 1. The summed E-state index contributed by atoms with van der Waals surface area (Å²) in [6.07, 6.45) is 2.74. The van der Waals surface area contributed by atoms with Crippen molar-refractivity contribution in [2.45, 2.75) is 31.8 Å². The van der Waals surface area contributed by atoms with E-state index >= 15 is 0 Å². The van der Waals surface area contributed by atoms with Gasteiger partial charge in [-0.1, -0.05) is 29.3 Å². The van der Waals surface area contributed by atoms with Crippen LogP contribution in [0.4, 0.5) is 0 Å². The summed E-state index contributed by atoms with van der Waals surface area (Å²) in [5.74, 6) is -0.433. The standard InChI is InChI=1S/C15H16Cl2O3/c16-11-2-1-3-12(17)10(11)8-15(14(18)19)6-7-20-13(15)9-4-5-9/h1-3,9,13H,4-8H2,(H,18,19). The van der Waals surface area contributed by atoms with Gasteiger partial charge in [-0.25, -0.2) is 0 Å².